The number of anilines is 1. The zero-order valence-electron chi connectivity index (χ0n) is 16.5. The fourth-order valence-corrected chi connectivity index (χ4v) is 3.61. The first-order valence-electron chi connectivity index (χ1n) is 10.3. The van der Waals surface area contributed by atoms with Crippen LogP contribution in [-0.4, -0.2) is 49.6 Å². The van der Waals surface area contributed by atoms with Crippen molar-refractivity contribution in [2.24, 2.45) is 5.92 Å². The summed E-state index contributed by atoms with van der Waals surface area (Å²) in [6, 6.07) is 17.4. The van der Waals surface area contributed by atoms with Crippen LogP contribution in [0.25, 0.3) is 0 Å². The Morgan fingerprint density at radius 3 is 2.34 bits per heavy atom. The minimum atomic E-state index is -0.112. The molecule has 2 amide bonds. The topological polar surface area (TPSA) is 70.7 Å². The van der Waals surface area contributed by atoms with Gasteiger partial charge in [-0.1, -0.05) is 30.3 Å². The van der Waals surface area contributed by atoms with E-state index in [1.54, 1.807) is 24.3 Å². The predicted molar refractivity (Wildman–Crippen MR) is 112 cm³/mol. The monoisotopic (exact) mass is 393 g/mol. The normalized spacial score (nSPS) is 18.1. The van der Waals surface area contributed by atoms with Crippen molar-refractivity contribution in [3.8, 4) is 0 Å². The molecule has 2 fully saturated rings. The number of nitrogens with one attached hydrogen (secondary N) is 2. The van der Waals surface area contributed by atoms with Gasteiger partial charge in [-0.2, -0.15) is 0 Å². The molecule has 2 aromatic carbocycles. The van der Waals surface area contributed by atoms with Gasteiger partial charge in [-0.05, 0) is 42.7 Å². The lowest BCUT2D eigenvalue weighted by Crippen LogP contribution is -2.43. The third kappa shape index (κ3) is 5.22. The van der Waals surface area contributed by atoms with Gasteiger partial charge in [0, 0.05) is 36.8 Å². The van der Waals surface area contributed by atoms with Crippen LogP contribution in [0.4, 0.5) is 5.69 Å². The molecule has 2 aliphatic rings. The second-order valence-electron chi connectivity index (χ2n) is 7.63. The lowest BCUT2D eigenvalue weighted by atomic mass is 10.0. The first-order chi connectivity index (χ1) is 14.2. The number of ether oxygens (including phenoxy) is 1. The Morgan fingerprint density at radius 2 is 1.69 bits per heavy atom. The Hall–Kier alpha value is -2.70. The van der Waals surface area contributed by atoms with Crippen LogP contribution in [0.1, 0.15) is 34.8 Å². The van der Waals surface area contributed by atoms with Crippen LogP contribution < -0.4 is 10.6 Å². The average Bonchev–Trinajstić information content (AvgIpc) is 3.61. The van der Waals surface area contributed by atoms with E-state index in [0.29, 0.717) is 25.3 Å². The van der Waals surface area contributed by atoms with Crippen molar-refractivity contribution in [3.63, 3.8) is 0 Å². The summed E-state index contributed by atoms with van der Waals surface area (Å²) in [5.74, 6) is 0.116. The average molecular weight is 393 g/mol. The minimum Gasteiger partial charge on any atom is -0.379 e. The zero-order chi connectivity index (χ0) is 20.1. The van der Waals surface area contributed by atoms with Gasteiger partial charge in [0.05, 0.1) is 19.3 Å². The Morgan fingerprint density at radius 1 is 1.00 bits per heavy atom. The van der Waals surface area contributed by atoms with Gasteiger partial charge in [0.2, 0.25) is 5.91 Å². The number of morpholine rings is 1. The molecule has 152 valence electrons. The molecule has 1 saturated carbocycles. The second kappa shape index (κ2) is 9.20. The van der Waals surface area contributed by atoms with E-state index >= 15 is 0 Å². The van der Waals surface area contributed by atoms with Crippen LogP contribution in [-0.2, 0) is 9.53 Å². The molecule has 0 radical (unpaired) electrons. The third-order valence-electron chi connectivity index (χ3n) is 5.49. The van der Waals surface area contributed by atoms with Gasteiger partial charge in [-0.3, -0.25) is 14.5 Å². The molecule has 1 aliphatic carbocycles. The summed E-state index contributed by atoms with van der Waals surface area (Å²) < 4.78 is 5.48. The number of hydrogen-bond acceptors (Lipinski definition) is 4. The molecule has 1 aliphatic heterocycles. The Bertz CT molecular complexity index is 828. The summed E-state index contributed by atoms with van der Waals surface area (Å²) in [6.45, 7) is 3.66. The number of carbonyl (C=O) groups is 2. The van der Waals surface area contributed by atoms with Gasteiger partial charge in [0.25, 0.3) is 5.91 Å². The van der Waals surface area contributed by atoms with E-state index in [1.165, 1.54) is 5.56 Å². The molecule has 1 atom stereocenters. The van der Waals surface area contributed by atoms with Crippen LogP contribution in [0.15, 0.2) is 54.6 Å². The molecule has 0 aromatic heterocycles. The standard InChI is InChI=1S/C23H27N3O3/c27-22(18-8-10-20(11-9-18)25-23(28)19-6-7-19)24-16-21(17-4-2-1-3-5-17)26-12-14-29-15-13-26/h1-5,8-11,19,21H,6-7,12-16H2,(H,24,27)(H,25,28). The van der Waals surface area contributed by atoms with E-state index in [1.807, 2.05) is 18.2 Å². The lowest BCUT2D eigenvalue weighted by Gasteiger charge is -2.35. The molecule has 0 bridgehead atoms. The molecule has 29 heavy (non-hydrogen) atoms. The second-order valence-corrected chi connectivity index (χ2v) is 7.63. The van der Waals surface area contributed by atoms with Gasteiger partial charge < -0.3 is 15.4 Å². The van der Waals surface area contributed by atoms with Crippen LogP contribution in [0.3, 0.4) is 0 Å². The molecule has 4 rings (SSSR count). The van der Waals surface area contributed by atoms with Crippen LogP contribution in [0, 0.1) is 5.92 Å². The van der Waals surface area contributed by atoms with Gasteiger partial charge in [0.1, 0.15) is 0 Å². The molecule has 1 saturated heterocycles. The highest BCUT2D eigenvalue weighted by atomic mass is 16.5. The summed E-state index contributed by atoms with van der Waals surface area (Å²) >= 11 is 0. The van der Waals surface area contributed by atoms with Crippen molar-refractivity contribution in [3.05, 3.63) is 65.7 Å². The van der Waals surface area contributed by atoms with Gasteiger partial charge in [-0.15, -0.1) is 0 Å². The largest absolute Gasteiger partial charge is 0.379 e. The van der Waals surface area contributed by atoms with E-state index in [-0.39, 0.29) is 23.8 Å². The first-order valence-corrected chi connectivity index (χ1v) is 10.3. The van der Waals surface area contributed by atoms with Gasteiger partial charge in [-0.25, -0.2) is 0 Å². The molecule has 1 heterocycles. The van der Waals surface area contributed by atoms with Crippen LogP contribution >= 0.6 is 0 Å². The molecule has 6 heteroatoms. The summed E-state index contributed by atoms with van der Waals surface area (Å²) in [7, 11) is 0. The number of amides is 2. The summed E-state index contributed by atoms with van der Waals surface area (Å²) in [5, 5.41) is 5.97. The van der Waals surface area contributed by atoms with Crippen molar-refractivity contribution in [1.82, 2.24) is 10.2 Å². The van der Waals surface area contributed by atoms with Gasteiger partial charge in [0.15, 0.2) is 0 Å². The maximum absolute atomic E-state index is 12.7. The van der Waals surface area contributed by atoms with Crippen LogP contribution in [0.2, 0.25) is 0 Å². The van der Waals surface area contributed by atoms with Crippen molar-refractivity contribution in [2.75, 3.05) is 38.2 Å². The summed E-state index contributed by atoms with van der Waals surface area (Å²) in [4.78, 5) is 26.9. The molecule has 1 unspecified atom stereocenters. The minimum absolute atomic E-state index is 0.0680. The van der Waals surface area contributed by atoms with Crippen molar-refractivity contribution in [1.29, 1.82) is 0 Å². The maximum Gasteiger partial charge on any atom is 0.251 e. The maximum atomic E-state index is 12.7. The van der Waals surface area contributed by atoms with Crippen molar-refractivity contribution in [2.45, 2.75) is 18.9 Å². The number of rotatable bonds is 7. The summed E-state index contributed by atoms with van der Waals surface area (Å²) in [5.41, 5.74) is 2.50. The fraction of sp³-hybridized carbons (Fsp3) is 0.391. The first kappa shape index (κ1) is 19.6. The zero-order valence-corrected chi connectivity index (χ0v) is 16.5. The highest BCUT2D eigenvalue weighted by Gasteiger charge is 2.29. The predicted octanol–water partition coefficient (Wildman–Crippen LogP) is 2.84. The molecule has 2 N–H and O–H groups in total. The quantitative estimate of drug-likeness (QED) is 0.759. The van der Waals surface area contributed by atoms with E-state index in [4.69, 9.17) is 4.74 Å². The summed E-state index contributed by atoms with van der Waals surface area (Å²) in [6.07, 6.45) is 1.94. The lowest BCUT2D eigenvalue weighted by molar-refractivity contribution is -0.117. The smallest absolute Gasteiger partial charge is 0.251 e. The Kier molecular flexibility index (Phi) is 6.22. The van der Waals surface area contributed by atoms with Crippen molar-refractivity contribution >= 4 is 17.5 Å². The van der Waals surface area contributed by atoms with E-state index < -0.39 is 0 Å². The Labute approximate surface area is 171 Å². The fourth-order valence-electron chi connectivity index (χ4n) is 3.61. The molecule has 6 nitrogen and oxygen atoms in total. The number of nitrogens with zero attached hydrogens (tertiary/aromatic N) is 1. The van der Waals surface area contributed by atoms with Crippen LogP contribution in [0.5, 0.6) is 0 Å². The molecule has 0 spiro atoms. The van der Waals surface area contributed by atoms with Gasteiger partial charge >= 0.3 is 0 Å². The highest BCUT2D eigenvalue weighted by Crippen LogP contribution is 2.30. The van der Waals surface area contributed by atoms with E-state index in [9.17, 15) is 9.59 Å². The molecular weight excluding hydrogens is 366 g/mol. The van der Waals surface area contributed by atoms with E-state index in [2.05, 4.69) is 27.7 Å². The SMILES string of the molecule is O=C(NCC(c1ccccc1)N1CCOCC1)c1ccc(NC(=O)C2CC2)cc1. The van der Waals surface area contributed by atoms with E-state index in [0.717, 1.165) is 31.6 Å². The molecular formula is C23H27N3O3. The van der Waals surface area contributed by atoms with Crippen molar-refractivity contribution < 1.29 is 14.3 Å². The Balaban J connectivity index is 1.37. The molecule has 2 aromatic rings. The number of benzene rings is 2. The number of hydrogen-bond donors (Lipinski definition) is 2. The number of carbonyl (C=O) groups excluding carboxylic acids is 2. The third-order valence-corrected chi connectivity index (χ3v) is 5.49. The highest BCUT2D eigenvalue weighted by molar-refractivity contribution is 5.96.